The van der Waals surface area contributed by atoms with E-state index in [1.165, 1.54) is 0 Å². The lowest BCUT2D eigenvalue weighted by Gasteiger charge is -2.15. The van der Waals surface area contributed by atoms with Gasteiger partial charge in [0.1, 0.15) is 0 Å². The zero-order valence-electron chi connectivity index (χ0n) is 10.2. The summed E-state index contributed by atoms with van der Waals surface area (Å²) >= 11 is 5.86. The minimum absolute atomic E-state index is 0.0155. The number of hydrogen-bond donors (Lipinski definition) is 2. The van der Waals surface area contributed by atoms with Crippen molar-refractivity contribution in [3.05, 3.63) is 41.1 Å². The molecule has 17 heavy (non-hydrogen) atoms. The second kappa shape index (κ2) is 6.64. The van der Waals surface area contributed by atoms with Gasteiger partial charge < -0.3 is 15.7 Å². The number of rotatable bonds is 5. The second-order valence-electron chi connectivity index (χ2n) is 4.27. The van der Waals surface area contributed by atoms with Gasteiger partial charge in [0.05, 0.1) is 6.61 Å². The van der Waals surface area contributed by atoms with Gasteiger partial charge in [0, 0.05) is 31.4 Å². The standard InChI is InChI=1S/C13H19ClN2O/c1-16(2)8-11(7-13(15)9-17)10-3-5-12(14)6-4-10/h3-6,8,13,17H,7,9,15H2,1-2H3/b11-8+. The molecule has 3 N–H and O–H groups in total. The SMILES string of the molecule is CN(C)/C=C(\CC(N)CO)c1ccc(Cl)cc1. The van der Waals surface area contributed by atoms with Crippen molar-refractivity contribution in [3.63, 3.8) is 0 Å². The molecule has 0 aliphatic rings. The molecule has 0 fully saturated rings. The summed E-state index contributed by atoms with van der Waals surface area (Å²) in [6, 6.07) is 7.39. The Morgan fingerprint density at radius 3 is 2.47 bits per heavy atom. The zero-order valence-corrected chi connectivity index (χ0v) is 11.0. The lowest BCUT2D eigenvalue weighted by atomic mass is 10.00. The number of aliphatic hydroxyl groups is 1. The third kappa shape index (κ3) is 4.77. The Morgan fingerprint density at radius 1 is 1.41 bits per heavy atom. The average Bonchev–Trinajstić information content (AvgIpc) is 2.28. The maximum absolute atomic E-state index is 9.02. The van der Waals surface area contributed by atoms with Crippen molar-refractivity contribution >= 4 is 17.2 Å². The third-order valence-corrected chi connectivity index (χ3v) is 2.60. The maximum atomic E-state index is 9.02. The summed E-state index contributed by atoms with van der Waals surface area (Å²) in [4.78, 5) is 1.97. The van der Waals surface area contributed by atoms with Gasteiger partial charge >= 0.3 is 0 Å². The molecule has 1 rings (SSSR count). The molecule has 3 nitrogen and oxygen atoms in total. The average molecular weight is 255 g/mol. The molecule has 4 heteroatoms. The van der Waals surface area contributed by atoms with Crippen molar-refractivity contribution in [2.24, 2.45) is 5.73 Å². The van der Waals surface area contributed by atoms with Gasteiger partial charge in [-0.15, -0.1) is 0 Å². The third-order valence-electron chi connectivity index (χ3n) is 2.35. The molecule has 0 amide bonds. The molecule has 0 saturated heterocycles. The lowest BCUT2D eigenvalue weighted by Crippen LogP contribution is -2.24. The Hall–Kier alpha value is -1.03. The molecule has 0 spiro atoms. The van der Waals surface area contributed by atoms with E-state index in [1.54, 1.807) is 0 Å². The van der Waals surface area contributed by atoms with E-state index in [1.807, 2.05) is 49.5 Å². The minimum Gasteiger partial charge on any atom is -0.395 e. The smallest absolute Gasteiger partial charge is 0.0585 e. The van der Waals surface area contributed by atoms with E-state index in [0.717, 1.165) is 11.1 Å². The monoisotopic (exact) mass is 254 g/mol. The van der Waals surface area contributed by atoms with Crippen LogP contribution in [-0.4, -0.2) is 36.8 Å². The Bertz CT molecular complexity index is 374. The number of aliphatic hydroxyl groups excluding tert-OH is 1. The Labute approximate surface area is 107 Å². The summed E-state index contributed by atoms with van der Waals surface area (Å²) < 4.78 is 0. The summed E-state index contributed by atoms with van der Waals surface area (Å²) in [7, 11) is 3.92. The maximum Gasteiger partial charge on any atom is 0.0585 e. The molecule has 0 aliphatic carbocycles. The van der Waals surface area contributed by atoms with Gasteiger partial charge in [0.2, 0.25) is 0 Å². The first kappa shape index (κ1) is 14.0. The number of nitrogens with zero attached hydrogens (tertiary/aromatic N) is 1. The molecular formula is C13H19ClN2O. The normalized spacial score (nSPS) is 13.6. The van der Waals surface area contributed by atoms with Gasteiger partial charge in [0.25, 0.3) is 0 Å². The van der Waals surface area contributed by atoms with Crippen LogP contribution in [0.3, 0.4) is 0 Å². The molecule has 0 heterocycles. The van der Waals surface area contributed by atoms with Gasteiger partial charge in [-0.05, 0) is 29.7 Å². The van der Waals surface area contributed by atoms with Crippen LogP contribution < -0.4 is 5.73 Å². The second-order valence-corrected chi connectivity index (χ2v) is 4.71. The minimum atomic E-state index is -0.239. The molecule has 0 aliphatic heterocycles. The predicted octanol–water partition coefficient (Wildman–Crippen LogP) is 1.95. The van der Waals surface area contributed by atoms with Crippen LogP contribution in [0.1, 0.15) is 12.0 Å². The topological polar surface area (TPSA) is 49.5 Å². The predicted molar refractivity (Wildman–Crippen MR) is 72.8 cm³/mol. The van der Waals surface area contributed by atoms with Crippen LogP contribution >= 0.6 is 11.6 Å². The summed E-state index contributed by atoms with van der Waals surface area (Å²) in [6.45, 7) is -0.0155. The van der Waals surface area contributed by atoms with Crippen molar-refractivity contribution in [1.82, 2.24) is 4.90 Å². The van der Waals surface area contributed by atoms with Crippen molar-refractivity contribution in [1.29, 1.82) is 0 Å². The van der Waals surface area contributed by atoms with Crippen LogP contribution in [0, 0.1) is 0 Å². The van der Waals surface area contributed by atoms with E-state index in [9.17, 15) is 0 Å². The van der Waals surface area contributed by atoms with Crippen LogP contribution in [-0.2, 0) is 0 Å². The fourth-order valence-corrected chi connectivity index (χ4v) is 1.69. The molecule has 1 aromatic carbocycles. The molecule has 94 valence electrons. The number of benzene rings is 1. The first-order chi connectivity index (χ1) is 8.02. The largest absolute Gasteiger partial charge is 0.395 e. The van der Waals surface area contributed by atoms with E-state index in [4.69, 9.17) is 22.4 Å². The number of halogens is 1. The highest BCUT2D eigenvalue weighted by Crippen LogP contribution is 2.21. The molecular weight excluding hydrogens is 236 g/mol. The Morgan fingerprint density at radius 2 is 2.00 bits per heavy atom. The fraction of sp³-hybridized carbons (Fsp3) is 0.385. The molecule has 0 aromatic heterocycles. The van der Waals surface area contributed by atoms with E-state index in [2.05, 4.69) is 0 Å². The van der Waals surface area contributed by atoms with Crippen molar-refractivity contribution in [2.75, 3.05) is 20.7 Å². The molecule has 0 saturated carbocycles. The number of hydrogen-bond acceptors (Lipinski definition) is 3. The van der Waals surface area contributed by atoms with Crippen LogP contribution in [0.2, 0.25) is 5.02 Å². The summed E-state index contributed by atoms with van der Waals surface area (Å²) in [5, 5.41) is 9.73. The molecule has 0 bridgehead atoms. The first-order valence-corrected chi connectivity index (χ1v) is 5.90. The van der Waals surface area contributed by atoms with E-state index in [-0.39, 0.29) is 12.6 Å². The van der Waals surface area contributed by atoms with Crippen LogP contribution in [0.5, 0.6) is 0 Å². The Balaban J connectivity index is 2.94. The highest BCUT2D eigenvalue weighted by Gasteiger charge is 2.08. The summed E-state index contributed by atoms with van der Waals surface area (Å²) in [5.41, 5.74) is 7.95. The molecule has 1 aromatic rings. The van der Waals surface area contributed by atoms with Crippen molar-refractivity contribution in [2.45, 2.75) is 12.5 Å². The molecule has 1 atom stereocenters. The van der Waals surface area contributed by atoms with Crippen LogP contribution in [0.25, 0.3) is 5.57 Å². The highest BCUT2D eigenvalue weighted by molar-refractivity contribution is 6.30. The Kier molecular flexibility index (Phi) is 5.48. The van der Waals surface area contributed by atoms with Crippen molar-refractivity contribution < 1.29 is 5.11 Å². The quantitative estimate of drug-likeness (QED) is 0.845. The molecule has 1 unspecified atom stereocenters. The lowest BCUT2D eigenvalue weighted by molar-refractivity contribution is 0.267. The highest BCUT2D eigenvalue weighted by atomic mass is 35.5. The van der Waals surface area contributed by atoms with Crippen LogP contribution in [0.4, 0.5) is 0 Å². The van der Waals surface area contributed by atoms with E-state index >= 15 is 0 Å². The summed E-state index contributed by atoms with van der Waals surface area (Å²) in [5.74, 6) is 0. The number of nitrogens with two attached hydrogens (primary N) is 1. The fourth-order valence-electron chi connectivity index (χ4n) is 1.57. The molecule has 0 radical (unpaired) electrons. The van der Waals surface area contributed by atoms with Crippen molar-refractivity contribution in [3.8, 4) is 0 Å². The van der Waals surface area contributed by atoms with Gasteiger partial charge in [-0.1, -0.05) is 23.7 Å². The van der Waals surface area contributed by atoms with E-state index in [0.29, 0.717) is 11.4 Å². The summed E-state index contributed by atoms with van der Waals surface area (Å²) in [6.07, 6.45) is 2.65. The van der Waals surface area contributed by atoms with Gasteiger partial charge in [-0.3, -0.25) is 0 Å². The van der Waals surface area contributed by atoms with Crippen LogP contribution in [0.15, 0.2) is 30.5 Å². The van der Waals surface area contributed by atoms with E-state index < -0.39 is 0 Å². The first-order valence-electron chi connectivity index (χ1n) is 5.52. The zero-order chi connectivity index (χ0) is 12.8. The van der Waals surface area contributed by atoms with Gasteiger partial charge in [0.15, 0.2) is 0 Å². The van der Waals surface area contributed by atoms with Gasteiger partial charge in [-0.25, -0.2) is 0 Å². The van der Waals surface area contributed by atoms with Gasteiger partial charge in [-0.2, -0.15) is 0 Å².